The Hall–Kier alpha value is -0.850. The molecule has 0 aliphatic rings. The third-order valence-corrected chi connectivity index (χ3v) is 5.27. The summed E-state index contributed by atoms with van der Waals surface area (Å²) in [6.07, 6.45) is 5.86. The van der Waals surface area contributed by atoms with Crippen molar-refractivity contribution < 1.29 is 13.5 Å². The van der Waals surface area contributed by atoms with Gasteiger partial charge in [0.05, 0.1) is 11.5 Å². The molecule has 0 saturated carbocycles. The highest BCUT2D eigenvalue weighted by Gasteiger charge is 2.19. The van der Waals surface area contributed by atoms with Crippen LogP contribution in [0.25, 0.3) is 0 Å². The summed E-state index contributed by atoms with van der Waals surface area (Å²) >= 11 is 0. The summed E-state index contributed by atoms with van der Waals surface area (Å²) in [5, 5.41) is 9.25. The number of sulfonamides is 1. The molecule has 1 heterocycles. The van der Waals surface area contributed by atoms with Crippen LogP contribution in [-0.2, 0) is 23.2 Å². The van der Waals surface area contributed by atoms with Crippen LogP contribution in [0.4, 0.5) is 0 Å². The highest BCUT2D eigenvalue weighted by molar-refractivity contribution is 7.89. The van der Waals surface area contributed by atoms with Crippen LogP contribution in [0.15, 0.2) is 17.2 Å². The zero-order valence-electron chi connectivity index (χ0n) is 13.3. The van der Waals surface area contributed by atoms with Crippen molar-refractivity contribution in [3.05, 3.63) is 18.0 Å². The monoisotopic (exact) mass is 316 g/mol. The molecule has 0 spiro atoms. The number of nitrogens with one attached hydrogen (secondary N) is 1. The Morgan fingerprint density at radius 2 is 2.05 bits per heavy atom. The van der Waals surface area contributed by atoms with Gasteiger partial charge in [0, 0.05) is 25.0 Å². The summed E-state index contributed by atoms with van der Waals surface area (Å²) in [6.45, 7) is 7.11. The van der Waals surface area contributed by atoms with Crippen LogP contribution >= 0.6 is 0 Å². The van der Waals surface area contributed by atoms with Crippen LogP contribution in [0.5, 0.6) is 0 Å². The summed E-state index contributed by atoms with van der Waals surface area (Å²) in [5.74, 6) is 0.380. The van der Waals surface area contributed by atoms with E-state index in [1.165, 1.54) is 0 Å². The minimum absolute atomic E-state index is 0.155. The van der Waals surface area contributed by atoms with Gasteiger partial charge in [-0.1, -0.05) is 33.1 Å². The number of unbranched alkanes of at least 4 members (excludes halogenated alkanes) is 1. The maximum absolute atomic E-state index is 12.3. The lowest BCUT2D eigenvalue weighted by molar-refractivity contribution is 0.271. The van der Waals surface area contributed by atoms with Crippen molar-refractivity contribution in [2.24, 2.45) is 5.92 Å². The van der Waals surface area contributed by atoms with Crippen molar-refractivity contribution in [3.63, 3.8) is 0 Å². The number of hydrogen-bond acceptors (Lipinski definition) is 3. The molecule has 0 aromatic carbocycles. The van der Waals surface area contributed by atoms with Crippen LogP contribution < -0.4 is 4.72 Å². The number of aromatic nitrogens is 1. The molecule has 0 aliphatic heterocycles. The van der Waals surface area contributed by atoms with Crippen molar-refractivity contribution >= 4 is 10.0 Å². The predicted octanol–water partition coefficient (Wildman–Crippen LogP) is 2.50. The van der Waals surface area contributed by atoms with Gasteiger partial charge in [-0.25, -0.2) is 13.1 Å². The first kappa shape index (κ1) is 18.2. The summed E-state index contributed by atoms with van der Waals surface area (Å²) in [6, 6.07) is 1.54. The lowest BCUT2D eigenvalue weighted by Crippen LogP contribution is -2.29. The zero-order valence-corrected chi connectivity index (χ0v) is 14.1. The van der Waals surface area contributed by atoms with Gasteiger partial charge in [0.1, 0.15) is 0 Å². The van der Waals surface area contributed by atoms with Crippen LogP contribution in [-0.4, -0.2) is 24.6 Å². The highest BCUT2D eigenvalue weighted by Crippen LogP contribution is 2.16. The Morgan fingerprint density at radius 1 is 1.33 bits per heavy atom. The average Bonchev–Trinajstić information content (AvgIpc) is 2.91. The molecule has 0 fully saturated rings. The molecule has 1 unspecified atom stereocenters. The van der Waals surface area contributed by atoms with Gasteiger partial charge < -0.3 is 9.67 Å². The molecular weight excluding hydrogens is 288 g/mol. The van der Waals surface area contributed by atoms with E-state index < -0.39 is 10.0 Å². The minimum atomic E-state index is -3.49. The number of aryl methyl sites for hydroxylation is 1. The Labute approximate surface area is 128 Å². The van der Waals surface area contributed by atoms with Gasteiger partial charge in [0.2, 0.25) is 10.0 Å². The Kier molecular flexibility index (Phi) is 7.42. The summed E-state index contributed by atoms with van der Waals surface area (Å²) in [7, 11) is -3.49. The summed E-state index contributed by atoms with van der Waals surface area (Å²) < 4.78 is 29.1. The third-order valence-electron chi connectivity index (χ3n) is 3.88. The number of aliphatic hydroxyl groups excluding tert-OH is 1. The first-order valence-electron chi connectivity index (χ1n) is 7.78. The molecule has 1 rings (SSSR count). The van der Waals surface area contributed by atoms with E-state index in [2.05, 4.69) is 18.6 Å². The van der Waals surface area contributed by atoms with E-state index >= 15 is 0 Å². The van der Waals surface area contributed by atoms with Crippen LogP contribution in [0.3, 0.4) is 0 Å². The fourth-order valence-corrected chi connectivity index (χ4v) is 3.53. The van der Waals surface area contributed by atoms with Crippen molar-refractivity contribution in [2.75, 3.05) is 6.54 Å². The number of aliphatic hydroxyl groups is 1. The molecule has 21 heavy (non-hydrogen) atoms. The minimum Gasteiger partial charge on any atom is -0.390 e. The summed E-state index contributed by atoms with van der Waals surface area (Å²) in [5.41, 5.74) is 0.621. The molecule has 6 heteroatoms. The number of rotatable bonds is 10. The molecule has 1 aromatic heterocycles. The number of nitrogens with zero attached hydrogens (tertiary/aromatic N) is 1. The predicted molar refractivity (Wildman–Crippen MR) is 84.5 cm³/mol. The normalized spacial score (nSPS) is 13.5. The fourth-order valence-electron chi connectivity index (χ4n) is 2.35. The average molecular weight is 316 g/mol. The van der Waals surface area contributed by atoms with Crippen LogP contribution in [0.2, 0.25) is 0 Å². The van der Waals surface area contributed by atoms with E-state index in [0.29, 0.717) is 24.7 Å². The maximum atomic E-state index is 12.3. The van der Waals surface area contributed by atoms with Gasteiger partial charge in [-0.2, -0.15) is 0 Å². The van der Waals surface area contributed by atoms with Crippen LogP contribution in [0.1, 0.15) is 52.1 Å². The van der Waals surface area contributed by atoms with Crippen molar-refractivity contribution in [1.29, 1.82) is 0 Å². The maximum Gasteiger partial charge on any atom is 0.242 e. The standard InChI is InChI=1S/C15H28N2O3S/c1-4-7-8-13(5-2)10-16-21(19,20)15-9-14(12-18)17(6-3)11-15/h9,11,13,16,18H,4-8,10,12H2,1-3H3. The highest BCUT2D eigenvalue weighted by atomic mass is 32.2. The third kappa shape index (κ3) is 5.13. The van der Waals surface area contributed by atoms with Gasteiger partial charge in [-0.05, 0) is 25.3 Å². The molecule has 0 amide bonds. The first-order chi connectivity index (χ1) is 9.98. The molecule has 0 saturated heterocycles. The second-order valence-corrected chi connectivity index (χ2v) is 7.15. The van der Waals surface area contributed by atoms with E-state index in [4.69, 9.17) is 0 Å². The van der Waals surface area contributed by atoms with Crippen molar-refractivity contribution in [2.45, 2.75) is 64.5 Å². The van der Waals surface area contributed by atoms with Gasteiger partial charge in [-0.3, -0.25) is 0 Å². The van der Waals surface area contributed by atoms with Gasteiger partial charge in [-0.15, -0.1) is 0 Å². The molecule has 0 radical (unpaired) electrons. The van der Waals surface area contributed by atoms with Gasteiger partial charge in [0.15, 0.2) is 0 Å². The number of hydrogen-bond donors (Lipinski definition) is 2. The summed E-state index contributed by atoms with van der Waals surface area (Å²) in [4.78, 5) is 0.235. The van der Waals surface area contributed by atoms with E-state index in [1.807, 2.05) is 6.92 Å². The second kappa shape index (κ2) is 8.56. The molecule has 0 bridgehead atoms. The quantitative estimate of drug-likeness (QED) is 0.696. The zero-order chi connectivity index (χ0) is 15.9. The Balaban J connectivity index is 2.74. The lowest BCUT2D eigenvalue weighted by atomic mass is 10.00. The van der Waals surface area contributed by atoms with Gasteiger partial charge >= 0.3 is 0 Å². The van der Waals surface area contributed by atoms with Gasteiger partial charge in [0.25, 0.3) is 0 Å². The van der Waals surface area contributed by atoms with E-state index in [1.54, 1.807) is 16.8 Å². The topological polar surface area (TPSA) is 71.3 Å². The largest absolute Gasteiger partial charge is 0.390 e. The molecular formula is C15H28N2O3S. The SMILES string of the molecule is CCCCC(CC)CNS(=O)(=O)c1cc(CO)n(CC)c1. The molecule has 5 nitrogen and oxygen atoms in total. The first-order valence-corrected chi connectivity index (χ1v) is 9.26. The molecule has 2 N–H and O–H groups in total. The molecule has 1 atom stereocenters. The van der Waals surface area contributed by atoms with E-state index in [0.717, 1.165) is 25.7 Å². The lowest BCUT2D eigenvalue weighted by Gasteiger charge is -2.15. The second-order valence-electron chi connectivity index (χ2n) is 5.38. The van der Waals surface area contributed by atoms with Crippen LogP contribution in [0, 0.1) is 5.92 Å². The van der Waals surface area contributed by atoms with Crippen molar-refractivity contribution in [1.82, 2.24) is 9.29 Å². The Bertz CT molecular complexity index is 502. The van der Waals surface area contributed by atoms with E-state index in [-0.39, 0.29) is 11.5 Å². The Morgan fingerprint density at radius 3 is 2.52 bits per heavy atom. The molecule has 0 aliphatic carbocycles. The smallest absolute Gasteiger partial charge is 0.242 e. The molecule has 1 aromatic rings. The van der Waals surface area contributed by atoms with E-state index in [9.17, 15) is 13.5 Å². The molecule has 122 valence electrons. The fraction of sp³-hybridized carbons (Fsp3) is 0.733. The van der Waals surface area contributed by atoms with Crippen molar-refractivity contribution in [3.8, 4) is 0 Å².